The summed E-state index contributed by atoms with van der Waals surface area (Å²) in [4.78, 5) is 11.6. The van der Waals surface area contributed by atoms with Crippen LogP contribution in [0.5, 0.6) is 0 Å². The third-order valence-corrected chi connectivity index (χ3v) is 4.55. The van der Waals surface area contributed by atoms with Crippen LogP contribution in [0.2, 0.25) is 0 Å². The summed E-state index contributed by atoms with van der Waals surface area (Å²) in [7, 11) is 0. The molecular weight excluding hydrogens is 316 g/mol. The van der Waals surface area contributed by atoms with E-state index in [-0.39, 0.29) is 5.56 Å². The number of thiophene rings is 1. The number of aliphatic hydroxyl groups is 1. The molecule has 0 saturated carbocycles. The molecule has 0 amide bonds. The van der Waals surface area contributed by atoms with Gasteiger partial charge in [0.25, 0.3) is 0 Å². The van der Waals surface area contributed by atoms with Gasteiger partial charge in [-0.1, -0.05) is 34.1 Å². The van der Waals surface area contributed by atoms with Crippen LogP contribution in [-0.4, -0.2) is 16.2 Å². The second-order valence-corrected chi connectivity index (χ2v) is 5.79. The number of benzene rings is 1. The first-order valence-electron chi connectivity index (χ1n) is 5.23. The Morgan fingerprint density at radius 2 is 2.00 bits per heavy atom. The lowest BCUT2D eigenvalue weighted by Crippen LogP contribution is -2.24. The van der Waals surface area contributed by atoms with Crippen LogP contribution >= 0.6 is 27.3 Å². The maximum absolute atomic E-state index is 11.1. The molecule has 0 bridgehead atoms. The third-order valence-electron chi connectivity index (χ3n) is 2.74. The molecule has 0 aliphatic rings. The zero-order chi connectivity index (χ0) is 13.3. The van der Waals surface area contributed by atoms with Gasteiger partial charge < -0.3 is 10.2 Å². The Morgan fingerprint density at radius 3 is 2.61 bits per heavy atom. The summed E-state index contributed by atoms with van der Waals surface area (Å²) in [5.74, 6) is -1.03. The van der Waals surface area contributed by atoms with E-state index in [9.17, 15) is 9.90 Å². The minimum Gasteiger partial charge on any atom is -0.478 e. The molecule has 0 aliphatic heterocycles. The molecule has 1 unspecified atom stereocenters. The molecule has 0 fully saturated rings. The van der Waals surface area contributed by atoms with Crippen LogP contribution in [-0.2, 0) is 5.60 Å². The van der Waals surface area contributed by atoms with Gasteiger partial charge in [-0.25, -0.2) is 4.79 Å². The molecule has 1 atom stereocenters. The van der Waals surface area contributed by atoms with Crippen molar-refractivity contribution >= 4 is 33.2 Å². The summed E-state index contributed by atoms with van der Waals surface area (Å²) in [5.41, 5.74) is -0.544. The lowest BCUT2D eigenvalue weighted by atomic mass is 9.92. The topological polar surface area (TPSA) is 57.5 Å². The first kappa shape index (κ1) is 13.3. The van der Waals surface area contributed by atoms with Gasteiger partial charge in [0.1, 0.15) is 5.60 Å². The van der Waals surface area contributed by atoms with Crippen molar-refractivity contribution in [2.75, 3.05) is 0 Å². The summed E-state index contributed by atoms with van der Waals surface area (Å²) in [6, 6.07) is 8.75. The van der Waals surface area contributed by atoms with Crippen molar-refractivity contribution in [2.24, 2.45) is 0 Å². The Kier molecular flexibility index (Phi) is 3.56. The number of carbonyl (C=O) groups is 1. The highest BCUT2D eigenvalue weighted by Crippen LogP contribution is 2.38. The van der Waals surface area contributed by atoms with Gasteiger partial charge in [0.05, 0.1) is 10.4 Å². The molecule has 2 aromatic rings. The summed E-state index contributed by atoms with van der Waals surface area (Å²) < 4.78 is 0.750. The van der Waals surface area contributed by atoms with E-state index in [2.05, 4.69) is 15.9 Å². The van der Waals surface area contributed by atoms with Crippen LogP contribution in [0.15, 0.2) is 40.2 Å². The number of rotatable bonds is 3. The van der Waals surface area contributed by atoms with E-state index in [1.165, 1.54) is 17.4 Å². The zero-order valence-electron chi connectivity index (χ0n) is 9.55. The van der Waals surface area contributed by atoms with Crippen LogP contribution in [0.4, 0.5) is 0 Å². The average Bonchev–Trinajstić information content (AvgIpc) is 2.78. The van der Waals surface area contributed by atoms with Gasteiger partial charge in [0.15, 0.2) is 0 Å². The molecule has 0 radical (unpaired) electrons. The first-order chi connectivity index (χ1) is 8.44. The molecule has 2 N–H and O–H groups in total. The minimum atomic E-state index is -1.33. The van der Waals surface area contributed by atoms with Gasteiger partial charge in [-0.2, -0.15) is 0 Å². The van der Waals surface area contributed by atoms with E-state index in [0.29, 0.717) is 10.4 Å². The number of carboxylic acid groups (broad SMARTS) is 1. The van der Waals surface area contributed by atoms with Gasteiger partial charge in [-0.3, -0.25) is 0 Å². The number of halogens is 1. The Labute approximate surface area is 117 Å². The van der Waals surface area contributed by atoms with Crippen molar-refractivity contribution in [3.63, 3.8) is 0 Å². The average molecular weight is 327 g/mol. The highest BCUT2D eigenvalue weighted by atomic mass is 79.9. The van der Waals surface area contributed by atoms with Crippen molar-refractivity contribution in [3.8, 4) is 0 Å². The highest BCUT2D eigenvalue weighted by molar-refractivity contribution is 9.10. The van der Waals surface area contributed by atoms with E-state index in [1.54, 1.807) is 18.4 Å². The summed E-state index contributed by atoms with van der Waals surface area (Å²) in [6.45, 7) is 1.60. The van der Waals surface area contributed by atoms with E-state index in [1.807, 2.05) is 18.2 Å². The molecular formula is C13H11BrO3S. The lowest BCUT2D eigenvalue weighted by molar-refractivity contribution is 0.0673. The van der Waals surface area contributed by atoms with Gasteiger partial charge in [0.2, 0.25) is 0 Å². The standard InChI is InChI=1S/C13H11BrO3S/c1-13(17,9-4-2-3-5-10(9)14)11-8(12(15)16)6-7-18-11/h2-7,17H,1H3,(H,15,16). The van der Waals surface area contributed by atoms with Crippen LogP contribution in [0.3, 0.4) is 0 Å². The largest absolute Gasteiger partial charge is 0.478 e. The van der Waals surface area contributed by atoms with Crippen LogP contribution < -0.4 is 0 Å². The lowest BCUT2D eigenvalue weighted by Gasteiger charge is -2.24. The fourth-order valence-electron chi connectivity index (χ4n) is 1.83. The second kappa shape index (κ2) is 4.84. The Bertz CT molecular complexity index is 589. The first-order valence-corrected chi connectivity index (χ1v) is 6.90. The third kappa shape index (κ3) is 2.21. The quantitative estimate of drug-likeness (QED) is 0.908. The number of aromatic carboxylic acids is 1. The fourth-order valence-corrected chi connectivity index (χ4v) is 3.47. The molecule has 3 nitrogen and oxygen atoms in total. The van der Waals surface area contributed by atoms with E-state index < -0.39 is 11.6 Å². The molecule has 1 aromatic heterocycles. The van der Waals surface area contributed by atoms with Crippen molar-refractivity contribution in [3.05, 3.63) is 56.2 Å². The number of hydrogen-bond acceptors (Lipinski definition) is 3. The number of hydrogen-bond donors (Lipinski definition) is 2. The van der Waals surface area contributed by atoms with Crippen molar-refractivity contribution in [1.82, 2.24) is 0 Å². The van der Waals surface area contributed by atoms with Crippen LogP contribution in [0, 0.1) is 0 Å². The van der Waals surface area contributed by atoms with Gasteiger partial charge >= 0.3 is 5.97 Å². The highest BCUT2D eigenvalue weighted by Gasteiger charge is 2.33. The monoisotopic (exact) mass is 326 g/mol. The Morgan fingerprint density at radius 1 is 1.33 bits per heavy atom. The fraction of sp³-hybridized carbons (Fsp3) is 0.154. The van der Waals surface area contributed by atoms with Crippen molar-refractivity contribution < 1.29 is 15.0 Å². The van der Waals surface area contributed by atoms with E-state index in [4.69, 9.17) is 5.11 Å². The normalized spacial score (nSPS) is 14.2. The van der Waals surface area contributed by atoms with Crippen LogP contribution in [0.25, 0.3) is 0 Å². The predicted molar refractivity (Wildman–Crippen MR) is 74.1 cm³/mol. The second-order valence-electron chi connectivity index (χ2n) is 4.02. The maximum atomic E-state index is 11.1. The molecule has 5 heteroatoms. The predicted octanol–water partition coefficient (Wildman–Crippen LogP) is 3.46. The van der Waals surface area contributed by atoms with Gasteiger partial charge in [-0.15, -0.1) is 11.3 Å². The molecule has 1 aromatic carbocycles. The molecule has 1 heterocycles. The molecule has 0 aliphatic carbocycles. The van der Waals surface area contributed by atoms with E-state index >= 15 is 0 Å². The molecule has 94 valence electrons. The summed E-state index contributed by atoms with van der Waals surface area (Å²) in [5, 5.41) is 21.5. The Hall–Kier alpha value is -1.17. The smallest absolute Gasteiger partial charge is 0.336 e. The molecule has 2 rings (SSSR count). The van der Waals surface area contributed by atoms with Gasteiger partial charge in [-0.05, 0) is 24.4 Å². The SMILES string of the molecule is CC(O)(c1ccccc1Br)c1sccc1C(=O)O. The zero-order valence-corrected chi connectivity index (χ0v) is 12.0. The molecule has 18 heavy (non-hydrogen) atoms. The molecule has 0 saturated heterocycles. The van der Waals surface area contributed by atoms with Gasteiger partial charge in [0, 0.05) is 10.0 Å². The Balaban J connectivity index is 2.58. The maximum Gasteiger partial charge on any atom is 0.336 e. The minimum absolute atomic E-state index is 0.140. The molecule has 0 spiro atoms. The van der Waals surface area contributed by atoms with Crippen molar-refractivity contribution in [2.45, 2.75) is 12.5 Å². The van der Waals surface area contributed by atoms with E-state index in [0.717, 1.165) is 4.47 Å². The van der Waals surface area contributed by atoms with Crippen LogP contribution in [0.1, 0.15) is 27.7 Å². The number of carboxylic acids is 1. The van der Waals surface area contributed by atoms with Crippen molar-refractivity contribution in [1.29, 1.82) is 0 Å². The summed E-state index contributed by atoms with van der Waals surface area (Å²) >= 11 is 4.61. The summed E-state index contributed by atoms with van der Waals surface area (Å²) in [6.07, 6.45) is 0.